The van der Waals surface area contributed by atoms with Gasteiger partial charge in [-0.05, 0) is 25.1 Å². The van der Waals surface area contributed by atoms with Crippen molar-refractivity contribution >= 4 is 16.9 Å². The molecule has 2 heterocycles. The minimum Gasteiger partial charge on any atom is -0.382 e. The highest BCUT2D eigenvalue weighted by atomic mass is 19.1. The molecule has 5 nitrogen and oxygen atoms in total. The summed E-state index contributed by atoms with van der Waals surface area (Å²) < 4.78 is 15.2. The van der Waals surface area contributed by atoms with E-state index in [-0.39, 0.29) is 5.82 Å². The summed E-state index contributed by atoms with van der Waals surface area (Å²) >= 11 is 0. The second kappa shape index (κ2) is 3.83. The van der Waals surface area contributed by atoms with Gasteiger partial charge in [-0.15, -0.1) is 0 Å². The van der Waals surface area contributed by atoms with Crippen molar-refractivity contribution < 1.29 is 4.39 Å². The van der Waals surface area contributed by atoms with Crippen molar-refractivity contribution in [3.8, 4) is 11.5 Å². The van der Waals surface area contributed by atoms with Crippen LogP contribution in [-0.4, -0.2) is 19.7 Å². The molecule has 0 unspecified atom stereocenters. The van der Waals surface area contributed by atoms with Crippen molar-refractivity contribution in [1.29, 1.82) is 0 Å². The molecule has 1 aromatic carbocycles. The first-order valence-electron chi connectivity index (χ1n) is 5.66. The highest BCUT2D eigenvalue weighted by Gasteiger charge is 2.13. The molecule has 0 saturated carbocycles. The largest absolute Gasteiger partial charge is 0.382 e. The molecular weight excluding hydrogens is 233 g/mol. The van der Waals surface area contributed by atoms with Gasteiger partial charge in [0.2, 0.25) is 0 Å². The molecule has 0 atom stereocenters. The molecule has 0 aliphatic carbocycles. The standard InChI is InChI=1S/C12H12FN5/c1-2-18-10-5-7(13)3-4-8(10)15-12(18)9-6-11(14)17-16-9/h3-6H,2H2,1H3,(H3,14,16,17). The second-order valence-corrected chi connectivity index (χ2v) is 4.02. The zero-order valence-electron chi connectivity index (χ0n) is 9.81. The number of aromatic amines is 1. The van der Waals surface area contributed by atoms with E-state index in [0.717, 1.165) is 16.7 Å². The molecule has 2 aromatic heterocycles. The van der Waals surface area contributed by atoms with Crippen LogP contribution in [0.25, 0.3) is 22.6 Å². The number of nitrogen functional groups attached to an aromatic ring is 1. The molecule has 0 aliphatic rings. The Morgan fingerprint density at radius 2 is 2.22 bits per heavy atom. The van der Waals surface area contributed by atoms with E-state index in [4.69, 9.17) is 5.73 Å². The molecule has 0 bridgehead atoms. The van der Waals surface area contributed by atoms with Crippen LogP contribution in [0.2, 0.25) is 0 Å². The van der Waals surface area contributed by atoms with Crippen LogP contribution in [0.5, 0.6) is 0 Å². The molecule has 0 radical (unpaired) electrons. The van der Waals surface area contributed by atoms with Gasteiger partial charge in [0.05, 0.1) is 11.0 Å². The fourth-order valence-electron chi connectivity index (χ4n) is 2.07. The summed E-state index contributed by atoms with van der Waals surface area (Å²) in [5.41, 5.74) is 7.83. The highest BCUT2D eigenvalue weighted by molar-refractivity contribution is 5.80. The van der Waals surface area contributed by atoms with E-state index < -0.39 is 0 Å². The zero-order chi connectivity index (χ0) is 12.7. The number of nitrogens with zero attached hydrogens (tertiary/aromatic N) is 3. The quantitative estimate of drug-likeness (QED) is 0.726. The van der Waals surface area contributed by atoms with E-state index in [2.05, 4.69) is 15.2 Å². The lowest BCUT2D eigenvalue weighted by Crippen LogP contribution is -1.97. The van der Waals surface area contributed by atoms with Crippen molar-refractivity contribution in [3.05, 3.63) is 30.1 Å². The minimum absolute atomic E-state index is 0.271. The van der Waals surface area contributed by atoms with Crippen LogP contribution in [-0.2, 0) is 6.54 Å². The Morgan fingerprint density at radius 3 is 2.89 bits per heavy atom. The Morgan fingerprint density at radius 1 is 1.39 bits per heavy atom. The predicted octanol–water partition coefficient (Wildman–Crippen LogP) is 2.17. The lowest BCUT2D eigenvalue weighted by atomic mass is 10.3. The SMILES string of the molecule is CCn1c(-c2cc(N)n[nH]2)nc2ccc(F)cc21. The van der Waals surface area contributed by atoms with Gasteiger partial charge in [0.1, 0.15) is 17.3 Å². The van der Waals surface area contributed by atoms with Gasteiger partial charge in [-0.3, -0.25) is 5.10 Å². The van der Waals surface area contributed by atoms with Crippen molar-refractivity contribution in [3.63, 3.8) is 0 Å². The number of nitrogens with two attached hydrogens (primary N) is 1. The summed E-state index contributed by atoms with van der Waals surface area (Å²) in [6.07, 6.45) is 0. The Balaban J connectivity index is 2.29. The van der Waals surface area contributed by atoms with Gasteiger partial charge in [-0.2, -0.15) is 5.10 Å². The van der Waals surface area contributed by atoms with E-state index in [1.807, 2.05) is 11.5 Å². The van der Waals surface area contributed by atoms with Crippen LogP contribution in [0.1, 0.15) is 6.92 Å². The topological polar surface area (TPSA) is 72.5 Å². The number of imidazole rings is 1. The predicted molar refractivity (Wildman–Crippen MR) is 67.4 cm³/mol. The average Bonchev–Trinajstić information content (AvgIpc) is 2.91. The van der Waals surface area contributed by atoms with E-state index >= 15 is 0 Å². The monoisotopic (exact) mass is 245 g/mol. The first-order chi connectivity index (χ1) is 8.69. The summed E-state index contributed by atoms with van der Waals surface area (Å²) in [5.74, 6) is 0.848. The molecule has 0 spiro atoms. The van der Waals surface area contributed by atoms with Gasteiger partial charge in [0, 0.05) is 12.6 Å². The third-order valence-electron chi connectivity index (χ3n) is 2.87. The fraction of sp³-hybridized carbons (Fsp3) is 0.167. The van der Waals surface area contributed by atoms with Crippen molar-refractivity contribution in [1.82, 2.24) is 19.7 Å². The molecule has 3 rings (SSSR count). The molecule has 92 valence electrons. The van der Waals surface area contributed by atoms with Crippen molar-refractivity contribution in [2.45, 2.75) is 13.5 Å². The number of nitrogens with one attached hydrogen (secondary N) is 1. The number of aromatic nitrogens is 4. The van der Waals surface area contributed by atoms with Gasteiger partial charge in [-0.25, -0.2) is 9.37 Å². The van der Waals surface area contributed by atoms with Crippen LogP contribution in [0.3, 0.4) is 0 Å². The lowest BCUT2D eigenvalue weighted by Gasteiger charge is -2.03. The maximum Gasteiger partial charge on any atom is 0.159 e. The number of H-pyrrole nitrogens is 1. The van der Waals surface area contributed by atoms with E-state index in [0.29, 0.717) is 18.2 Å². The molecule has 18 heavy (non-hydrogen) atoms. The second-order valence-electron chi connectivity index (χ2n) is 4.02. The third-order valence-corrected chi connectivity index (χ3v) is 2.87. The van der Waals surface area contributed by atoms with Crippen LogP contribution < -0.4 is 5.73 Å². The maximum absolute atomic E-state index is 13.3. The van der Waals surface area contributed by atoms with Crippen molar-refractivity contribution in [2.24, 2.45) is 0 Å². The van der Waals surface area contributed by atoms with Gasteiger partial charge in [-0.1, -0.05) is 0 Å². The lowest BCUT2D eigenvalue weighted by molar-refractivity contribution is 0.628. The van der Waals surface area contributed by atoms with Crippen LogP contribution >= 0.6 is 0 Å². The van der Waals surface area contributed by atoms with Crippen LogP contribution in [0.15, 0.2) is 24.3 Å². The molecule has 3 aromatic rings. The molecule has 6 heteroatoms. The summed E-state index contributed by atoms with van der Waals surface area (Å²) in [4.78, 5) is 4.48. The average molecular weight is 245 g/mol. The number of benzene rings is 1. The number of anilines is 1. The van der Waals surface area contributed by atoms with Gasteiger partial charge < -0.3 is 10.3 Å². The van der Waals surface area contributed by atoms with E-state index in [1.54, 1.807) is 12.1 Å². The number of rotatable bonds is 2. The fourth-order valence-corrected chi connectivity index (χ4v) is 2.07. The Hall–Kier alpha value is -2.37. The normalized spacial score (nSPS) is 11.2. The van der Waals surface area contributed by atoms with Gasteiger partial charge >= 0.3 is 0 Å². The minimum atomic E-state index is -0.271. The maximum atomic E-state index is 13.3. The number of hydrogen-bond acceptors (Lipinski definition) is 3. The van der Waals surface area contributed by atoms with Gasteiger partial charge in [0.15, 0.2) is 5.82 Å². The molecule has 0 aliphatic heterocycles. The van der Waals surface area contributed by atoms with E-state index in [9.17, 15) is 4.39 Å². The van der Waals surface area contributed by atoms with Crippen molar-refractivity contribution in [2.75, 3.05) is 5.73 Å². The summed E-state index contributed by atoms with van der Waals surface area (Å²) in [5, 5.41) is 6.70. The number of hydrogen-bond donors (Lipinski definition) is 2. The molecule has 0 saturated heterocycles. The number of fused-ring (bicyclic) bond motifs is 1. The van der Waals surface area contributed by atoms with E-state index in [1.165, 1.54) is 12.1 Å². The summed E-state index contributed by atoms with van der Waals surface area (Å²) in [7, 11) is 0. The first-order valence-corrected chi connectivity index (χ1v) is 5.66. The Labute approximate surface area is 102 Å². The summed E-state index contributed by atoms with van der Waals surface area (Å²) in [6, 6.07) is 6.26. The first kappa shape index (κ1) is 10.8. The smallest absolute Gasteiger partial charge is 0.159 e. The molecular formula is C12H12FN5. The highest BCUT2D eigenvalue weighted by Crippen LogP contribution is 2.24. The molecule has 0 fully saturated rings. The molecule has 0 amide bonds. The van der Waals surface area contributed by atoms with Crippen LogP contribution in [0.4, 0.5) is 10.2 Å². The number of halogens is 1. The molecule has 3 N–H and O–H groups in total. The summed E-state index contributed by atoms with van der Waals surface area (Å²) in [6.45, 7) is 2.67. The Kier molecular flexibility index (Phi) is 2.29. The van der Waals surface area contributed by atoms with Gasteiger partial charge in [0.25, 0.3) is 0 Å². The zero-order valence-corrected chi connectivity index (χ0v) is 9.81. The van der Waals surface area contributed by atoms with Crippen LogP contribution in [0, 0.1) is 5.82 Å². The Bertz CT molecular complexity index is 712. The third kappa shape index (κ3) is 1.54. The number of aryl methyl sites for hydroxylation is 1.